The summed E-state index contributed by atoms with van der Waals surface area (Å²) in [6.45, 7) is 1.53. The zero-order valence-electron chi connectivity index (χ0n) is 14.5. The van der Waals surface area contributed by atoms with Gasteiger partial charge in [0.1, 0.15) is 10.5 Å². The maximum atomic E-state index is 13.0. The second-order valence-electron chi connectivity index (χ2n) is 6.76. The summed E-state index contributed by atoms with van der Waals surface area (Å²) in [6.07, 6.45) is 9.93. The van der Waals surface area contributed by atoms with Crippen LogP contribution in [0.2, 0.25) is 0 Å². The quantitative estimate of drug-likeness (QED) is 0.830. The van der Waals surface area contributed by atoms with Gasteiger partial charge in [0.2, 0.25) is 15.9 Å². The SMILES string of the molecule is O=C(C1CC=CCC1)N1CCN(S(=O)(=O)c2c[nH]c3ncccc23)CC1. The van der Waals surface area contributed by atoms with E-state index in [1.165, 1.54) is 10.5 Å². The normalized spacial score (nSPS) is 22.0. The summed E-state index contributed by atoms with van der Waals surface area (Å²) in [4.78, 5) is 21.7. The average molecular weight is 374 g/mol. The molecular weight excluding hydrogens is 352 g/mol. The van der Waals surface area contributed by atoms with Crippen molar-refractivity contribution in [2.45, 2.75) is 24.2 Å². The third-order valence-corrected chi connectivity index (χ3v) is 7.14. The van der Waals surface area contributed by atoms with Gasteiger partial charge in [0.15, 0.2) is 0 Å². The second kappa shape index (κ2) is 6.85. The molecule has 7 nitrogen and oxygen atoms in total. The molecular formula is C18H22N4O3S. The first-order chi connectivity index (χ1) is 12.6. The molecule has 1 aliphatic heterocycles. The molecule has 0 radical (unpaired) electrons. The lowest BCUT2D eigenvalue weighted by molar-refractivity contribution is -0.137. The molecule has 0 spiro atoms. The van der Waals surface area contributed by atoms with E-state index in [2.05, 4.69) is 22.1 Å². The van der Waals surface area contributed by atoms with Crippen molar-refractivity contribution < 1.29 is 13.2 Å². The highest BCUT2D eigenvalue weighted by Crippen LogP contribution is 2.26. The third-order valence-electron chi connectivity index (χ3n) is 5.20. The summed E-state index contributed by atoms with van der Waals surface area (Å²) in [5, 5.41) is 0.597. The maximum absolute atomic E-state index is 13.0. The minimum atomic E-state index is -3.61. The highest BCUT2D eigenvalue weighted by Gasteiger charge is 2.33. The van der Waals surface area contributed by atoms with E-state index in [0.717, 1.165) is 19.3 Å². The van der Waals surface area contributed by atoms with Crippen molar-refractivity contribution in [2.75, 3.05) is 26.2 Å². The van der Waals surface area contributed by atoms with E-state index in [9.17, 15) is 13.2 Å². The van der Waals surface area contributed by atoms with Gasteiger partial charge in [-0.05, 0) is 31.4 Å². The summed E-state index contributed by atoms with van der Waals surface area (Å²) in [6, 6.07) is 3.48. The van der Waals surface area contributed by atoms with Crippen molar-refractivity contribution in [1.82, 2.24) is 19.2 Å². The van der Waals surface area contributed by atoms with Crippen LogP contribution in [0.4, 0.5) is 0 Å². The number of fused-ring (bicyclic) bond motifs is 1. The van der Waals surface area contributed by atoms with Crippen LogP contribution in [-0.4, -0.2) is 59.7 Å². The molecule has 8 heteroatoms. The lowest BCUT2D eigenvalue weighted by Crippen LogP contribution is -2.51. The lowest BCUT2D eigenvalue weighted by Gasteiger charge is -2.36. The predicted molar refractivity (Wildman–Crippen MR) is 97.9 cm³/mol. The summed E-state index contributed by atoms with van der Waals surface area (Å²) < 4.78 is 27.5. The summed E-state index contributed by atoms with van der Waals surface area (Å²) in [7, 11) is -3.61. The first-order valence-electron chi connectivity index (χ1n) is 8.93. The average Bonchev–Trinajstić information content (AvgIpc) is 3.13. The van der Waals surface area contributed by atoms with Gasteiger partial charge in [0, 0.05) is 49.9 Å². The molecule has 3 heterocycles. The van der Waals surface area contributed by atoms with E-state index in [1.807, 2.05) is 4.90 Å². The Balaban J connectivity index is 1.47. The summed E-state index contributed by atoms with van der Waals surface area (Å²) in [5.74, 6) is 0.200. The van der Waals surface area contributed by atoms with E-state index >= 15 is 0 Å². The molecule has 0 saturated carbocycles. The monoisotopic (exact) mass is 374 g/mol. The largest absolute Gasteiger partial charge is 0.345 e. The first kappa shape index (κ1) is 17.2. The fourth-order valence-electron chi connectivity index (χ4n) is 3.71. The maximum Gasteiger partial charge on any atom is 0.245 e. The molecule has 1 aliphatic carbocycles. The van der Waals surface area contributed by atoms with Gasteiger partial charge >= 0.3 is 0 Å². The van der Waals surface area contributed by atoms with Gasteiger partial charge in [0.05, 0.1) is 0 Å². The van der Waals surface area contributed by atoms with Gasteiger partial charge in [-0.25, -0.2) is 13.4 Å². The number of H-pyrrole nitrogens is 1. The number of amides is 1. The Labute approximate surface area is 152 Å². The van der Waals surface area contributed by atoms with E-state index in [4.69, 9.17) is 0 Å². The number of allylic oxidation sites excluding steroid dienone is 2. The Kier molecular flexibility index (Phi) is 4.54. The Morgan fingerprint density at radius 1 is 1.19 bits per heavy atom. The first-order valence-corrected chi connectivity index (χ1v) is 10.4. The van der Waals surface area contributed by atoms with Gasteiger partial charge in [0.25, 0.3) is 0 Å². The van der Waals surface area contributed by atoms with Crippen LogP contribution in [0.15, 0.2) is 41.6 Å². The van der Waals surface area contributed by atoms with Crippen molar-refractivity contribution in [1.29, 1.82) is 0 Å². The number of hydrogen-bond acceptors (Lipinski definition) is 4. The van der Waals surface area contributed by atoms with Gasteiger partial charge in [-0.2, -0.15) is 4.31 Å². The molecule has 1 unspecified atom stereocenters. The van der Waals surface area contributed by atoms with Crippen molar-refractivity contribution >= 4 is 27.0 Å². The molecule has 0 aromatic carbocycles. The van der Waals surface area contributed by atoms with Crippen LogP contribution in [0.25, 0.3) is 11.0 Å². The molecule has 4 rings (SSSR count). The van der Waals surface area contributed by atoms with Gasteiger partial charge in [-0.15, -0.1) is 0 Å². The molecule has 2 aromatic rings. The van der Waals surface area contributed by atoms with E-state index < -0.39 is 10.0 Å². The van der Waals surface area contributed by atoms with Crippen LogP contribution in [0.3, 0.4) is 0 Å². The highest BCUT2D eigenvalue weighted by molar-refractivity contribution is 7.89. The minimum Gasteiger partial charge on any atom is -0.345 e. The van der Waals surface area contributed by atoms with Crippen LogP contribution in [0, 0.1) is 5.92 Å². The zero-order valence-corrected chi connectivity index (χ0v) is 15.3. The van der Waals surface area contributed by atoms with Crippen molar-refractivity contribution in [2.24, 2.45) is 5.92 Å². The lowest BCUT2D eigenvalue weighted by atomic mass is 9.93. The van der Waals surface area contributed by atoms with E-state index in [0.29, 0.717) is 37.2 Å². The number of hydrogen-bond donors (Lipinski definition) is 1. The number of aromatic nitrogens is 2. The third kappa shape index (κ3) is 3.03. The number of nitrogens with one attached hydrogen (secondary N) is 1. The van der Waals surface area contributed by atoms with Crippen LogP contribution < -0.4 is 0 Å². The molecule has 1 saturated heterocycles. The van der Waals surface area contributed by atoms with Gasteiger partial charge < -0.3 is 9.88 Å². The Morgan fingerprint density at radius 3 is 2.73 bits per heavy atom. The Morgan fingerprint density at radius 2 is 2.00 bits per heavy atom. The molecule has 1 N–H and O–H groups in total. The van der Waals surface area contributed by atoms with Crippen molar-refractivity contribution in [3.63, 3.8) is 0 Å². The van der Waals surface area contributed by atoms with Crippen LogP contribution in [-0.2, 0) is 14.8 Å². The zero-order chi connectivity index (χ0) is 18.1. The number of nitrogens with zero attached hydrogens (tertiary/aromatic N) is 3. The fourth-order valence-corrected chi connectivity index (χ4v) is 5.28. The molecule has 1 amide bonds. The van der Waals surface area contributed by atoms with E-state index in [-0.39, 0.29) is 16.7 Å². The molecule has 26 heavy (non-hydrogen) atoms. The number of rotatable bonds is 3. The number of sulfonamides is 1. The predicted octanol–water partition coefficient (Wildman–Crippen LogP) is 1.75. The Bertz CT molecular complexity index is 942. The van der Waals surface area contributed by atoms with Crippen LogP contribution in [0.5, 0.6) is 0 Å². The minimum absolute atomic E-state index is 0.0443. The van der Waals surface area contributed by atoms with Gasteiger partial charge in [-0.1, -0.05) is 12.2 Å². The van der Waals surface area contributed by atoms with Crippen LogP contribution in [0.1, 0.15) is 19.3 Å². The number of carbonyl (C=O) groups is 1. The molecule has 0 bridgehead atoms. The topological polar surface area (TPSA) is 86.4 Å². The van der Waals surface area contributed by atoms with E-state index in [1.54, 1.807) is 18.3 Å². The number of piperazine rings is 1. The van der Waals surface area contributed by atoms with Crippen LogP contribution >= 0.6 is 0 Å². The Hall–Kier alpha value is -2.19. The smallest absolute Gasteiger partial charge is 0.245 e. The molecule has 2 aliphatic rings. The fraction of sp³-hybridized carbons (Fsp3) is 0.444. The molecule has 1 atom stereocenters. The van der Waals surface area contributed by atoms with Crippen molar-refractivity contribution in [3.8, 4) is 0 Å². The number of aromatic amines is 1. The van der Waals surface area contributed by atoms with Gasteiger partial charge in [-0.3, -0.25) is 4.79 Å². The molecule has 1 fully saturated rings. The van der Waals surface area contributed by atoms with Crippen molar-refractivity contribution in [3.05, 3.63) is 36.7 Å². The highest BCUT2D eigenvalue weighted by atomic mass is 32.2. The number of pyridine rings is 1. The molecule has 2 aromatic heterocycles. The number of carbonyl (C=O) groups excluding carboxylic acids is 1. The second-order valence-corrected chi connectivity index (χ2v) is 8.67. The molecule has 138 valence electrons. The summed E-state index contributed by atoms with van der Waals surface area (Å²) in [5.41, 5.74) is 0.560. The summed E-state index contributed by atoms with van der Waals surface area (Å²) >= 11 is 0. The standard InChI is InChI=1S/C18H22N4O3S/c23-18(14-5-2-1-3-6-14)21-9-11-22(12-10-21)26(24,25)16-13-20-17-15(16)7-4-8-19-17/h1-2,4,7-8,13-14H,3,5-6,9-12H2,(H,19,20).